The molecule has 0 aromatic heterocycles. The first kappa shape index (κ1) is 21.1. The summed E-state index contributed by atoms with van der Waals surface area (Å²) in [4.78, 5) is 14.4. The van der Waals surface area contributed by atoms with Crippen LogP contribution >= 0.6 is 12.4 Å². The van der Waals surface area contributed by atoms with Gasteiger partial charge in [0.2, 0.25) is 0 Å². The van der Waals surface area contributed by atoms with Crippen molar-refractivity contribution >= 4 is 29.6 Å². The van der Waals surface area contributed by atoms with Crippen molar-refractivity contribution in [1.82, 2.24) is 4.90 Å². The third-order valence-electron chi connectivity index (χ3n) is 4.81. The minimum Gasteiger partial charge on any atom is -0.319 e. The Bertz CT molecular complexity index is 835. The van der Waals surface area contributed by atoms with E-state index in [0.717, 1.165) is 24.8 Å². The molecule has 0 spiro atoms. The number of nitrogens with zero attached hydrogens (tertiary/aromatic N) is 1. The maximum absolute atomic E-state index is 14.9. The van der Waals surface area contributed by atoms with Gasteiger partial charge < -0.3 is 10.2 Å². The molecule has 0 radical (unpaired) electrons. The van der Waals surface area contributed by atoms with Gasteiger partial charge in [-0.1, -0.05) is 18.2 Å². The molecule has 1 atom stereocenters. The molecule has 1 aliphatic carbocycles. The van der Waals surface area contributed by atoms with E-state index < -0.39 is 17.5 Å². The van der Waals surface area contributed by atoms with Gasteiger partial charge in [0, 0.05) is 17.2 Å². The lowest BCUT2D eigenvalue weighted by Crippen LogP contribution is -2.29. The number of amides is 1. The Hall–Kier alpha value is -2.24. The molecule has 6 heteroatoms. The molecule has 2 aromatic carbocycles. The number of allylic oxidation sites excluding steroid dienone is 1. The van der Waals surface area contributed by atoms with E-state index in [-0.39, 0.29) is 23.7 Å². The highest BCUT2D eigenvalue weighted by molar-refractivity contribution is 6.04. The first-order valence-electron chi connectivity index (χ1n) is 8.67. The van der Waals surface area contributed by atoms with Crippen LogP contribution in [-0.4, -0.2) is 30.9 Å². The van der Waals surface area contributed by atoms with Crippen LogP contribution in [0.5, 0.6) is 0 Å². The Kier molecular flexibility index (Phi) is 7.11. The monoisotopic (exact) mass is 392 g/mol. The standard InChI is InChI=1S/C21H22F2N2O.ClH/c1-25(2)17-12-8-14(9-13-17)18-4-3-5-19(20(18)23)24-21(26)15-6-10-16(22)11-7-15;/h3-8,10-11,17H,9,12-13H2,1-2H3,(H,24,26);1H. The van der Waals surface area contributed by atoms with E-state index in [1.54, 1.807) is 12.1 Å². The summed E-state index contributed by atoms with van der Waals surface area (Å²) < 4.78 is 27.9. The topological polar surface area (TPSA) is 32.3 Å². The van der Waals surface area contributed by atoms with Crippen LogP contribution in [0.15, 0.2) is 48.5 Å². The van der Waals surface area contributed by atoms with Gasteiger partial charge in [0.1, 0.15) is 5.82 Å². The highest BCUT2D eigenvalue weighted by Crippen LogP contribution is 2.32. The minimum atomic E-state index is -0.466. The van der Waals surface area contributed by atoms with E-state index in [0.29, 0.717) is 11.6 Å². The van der Waals surface area contributed by atoms with Crippen LogP contribution in [0.3, 0.4) is 0 Å². The largest absolute Gasteiger partial charge is 0.319 e. The number of carbonyl (C=O) groups excluding carboxylic acids is 1. The van der Waals surface area contributed by atoms with Crippen LogP contribution in [0, 0.1) is 11.6 Å². The number of rotatable bonds is 4. The molecule has 144 valence electrons. The number of benzene rings is 2. The number of carbonyl (C=O) groups is 1. The minimum absolute atomic E-state index is 0. The normalized spacial score (nSPS) is 16.5. The molecule has 27 heavy (non-hydrogen) atoms. The molecule has 0 fully saturated rings. The molecular formula is C21H23ClF2N2O. The summed E-state index contributed by atoms with van der Waals surface area (Å²) >= 11 is 0. The van der Waals surface area contributed by atoms with Crippen LogP contribution in [0.4, 0.5) is 14.5 Å². The fourth-order valence-corrected chi connectivity index (χ4v) is 3.21. The lowest BCUT2D eigenvalue weighted by atomic mass is 9.90. The Labute approximate surface area is 164 Å². The molecule has 0 heterocycles. The summed E-state index contributed by atoms with van der Waals surface area (Å²) in [6.45, 7) is 0. The average molecular weight is 393 g/mol. The predicted octanol–water partition coefficient (Wildman–Crippen LogP) is 5.14. The third-order valence-corrected chi connectivity index (χ3v) is 4.81. The van der Waals surface area contributed by atoms with Crippen LogP contribution in [0.25, 0.3) is 5.57 Å². The van der Waals surface area contributed by atoms with E-state index in [9.17, 15) is 13.6 Å². The number of hydrogen-bond acceptors (Lipinski definition) is 2. The summed E-state index contributed by atoms with van der Waals surface area (Å²) in [7, 11) is 4.10. The number of hydrogen-bond donors (Lipinski definition) is 1. The van der Waals surface area contributed by atoms with Crippen LogP contribution in [-0.2, 0) is 0 Å². The Morgan fingerprint density at radius 1 is 1.11 bits per heavy atom. The van der Waals surface area contributed by atoms with Crippen molar-refractivity contribution in [2.45, 2.75) is 25.3 Å². The van der Waals surface area contributed by atoms with Gasteiger partial charge in [-0.15, -0.1) is 12.4 Å². The summed E-state index contributed by atoms with van der Waals surface area (Å²) in [6.07, 6.45) is 4.74. The molecule has 1 amide bonds. The molecule has 1 unspecified atom stereocenters. The van der Waals surface area contributed by atoms with Crippen molar-refractivity contribution in [2.24, 2.45) is 0 Å². The van der Waals surface area contributed by atoms with Gasteiger partial charge in [0.25, 0.3) is 5.91 Å². The average Bonchev–Trinajstić information content (AvgIpc) is 2.64. The summed E-state index contributed by atoms with van der Waals surface area (Å²) in [5.74, 6) is -1.32. The van der Waals surface area contributed by atoms with Crippen molar-refractivity contribution in [3.8, 4) is 0 Å². The second-order valence-electron chi connectivity index (χ2n) is 6.75. The van der Waals surface area contributed by atoms with Crippen LogP contribution in [0.2, 0.25) is 0 Å². The van der Waals surface area contributed by atoms with Crippen LogP contribution < -0.4 is 5.32 Å². The molecule has 2 aromatic rings. The number of nitrogens with one attached hydrogen (secondary N) is 1. The fourth-order valence-electron chi connectivity index (χ4n) is 3.21. The van der Waals surface area contributed by atoms with Crippen molar-refractivity contribution < 1.29 is 13.6 Å². The maximum atomic E-state index is 14.9. The first-order valence-corrected chi connectivity index (χ1v) is 8.67. The predicted molar refractivity (Wildman–Crippen MR) is 107 cm³/mol. The Morgan fingerprint density at radius 3 is 2.41 bits per heavy atom. The van der Waals surface area contributed by atoms with Gasteiger partial charge in [-0.2, -0.15) is 0 Å². The van der Waals surface area contributed by atoms with Gasteiger partial charge >= 0.3 is 0 Å². The van der Waals surface area contributed by atoms with Gasteiger partial charge in [-0.05, 0) is 69.3 Å². The van der Waals surface area contributed by atoms with E-state index in [1.807, 2.05) is 0 Å². The lowest BCUT2D eigenvalue weighted by Gasteiger charge is -2.28. The van der Waals surface area contributed by atoms with Gasteiger partial charge in [-0.25, -0.2) is 8.78 Å². The molecule has 1 N–H and O–H groups in total. The molecule has 3 rings (SSSR count). The first-order chi connectivity index (χ1) is 12.5. The van der Waals surface area contributed by atoms with Gasteiger partial charge in [0.15, 0.2) is 5.82 Å². The zero-order chi connectivity index (χ0) is 18.7. The molecular weight excluding hydrogens is 370 g/mol. The SMILES string of the molecule is CN(C)C1CC=C(c2cccc(NC(=O)c3ccc(F)cc3)c2F)CC1.Cl. The molecule has 1 aliphatic rings. The quantitative estimate of drug-likeness (QED) is 0.781. The van der Waals surface area contributed by atoms with E-state index in [2.05, 4.69) is 30.4 Å². The summed E-state index contributed by atoms with van der Waals surface area (Å²) in [5.41, 5.74) is 1.91. The van der Waals surface area contributed by atoms with Crippen molar-refractivity contribution in [3.05, 3.63) is 71.3 Å². The van der Waals surface area contributed by atoms with Crippen molar-refractivity contribution in [1.29, 1.82) is 0 Å². The molecule has 0 aliphatic heterocycles. The number of anilines is 1. The third kappa shape index (κ3) is 4.93. The fraction of sp³-hybridized carbons (Fsp3) is 0.286. The van der Waals surface area contributed by atoms with E-state index >= 15 is 0 Å². The smallest absolute Gasteiger partial charge is 0.255 e. The number of halogens is 3. The zero-order valence-electron chi connectivity index (χ0n) is 15.3. The Balaban J connectivity index is 0.00000261. The van der Waals surface area contributed by atoms with Gasteiger partial charge in [0.05, 0.1) is 5.69 Å². The summed E-state index contributed by atoms with van der Waals surface area (Å²) in [5, 5.41) is 2.58. The van der Waals surface area contributed by atoms with Crippen molar-refractivity contribution in [2.75, 3.05) is 19.4 Å². The second-order valence-corrected chi connectivity index (χ2v) is 6.75. The van der Waals surface area contributed by atoms with Crippen molar-refractivity contribution in [3.63, 3.8) is 0 Å². The van der Waals surface area contributed by atoms with Crippen LogP contribution in [0.1, 0.15) is 35.2 Å². The summed E-state index contributed by atoms with van der Waals surface area (Å²) in [6, 6.07) is 10.6. The lowest BCUT2D eigenvalue weighted by molar-refractivity contribution is 0.102. The highest BCUT2D eigenvalue weighted by atomic mass is 35.5. The van der Waals surface area contributed by atoms with E-state index in [1.165, 1.54) is 30.3 Å². The molecule has 0 bridgehead atoms. The maximum Gasteiger partial charge on any atom is 0.255 e. The van der Waals surface area contributed by atoms with E-state index in [4.69, 9.17) is 0 Å². The second kappa shape index (κ2) is 9.11. The molecule has 0 saturated carbocycles. The zero-order valence-corrected chi connectivity index (χ0v) is 16.2. The highest BCUT2D eigenvalue weighted by Gasteiger charge is 2.20. The molecule has 3 nitrogen and oxygen atoms in total. The van der Waals surface area contributed by atoms with Gasteiger partial charge in [-0.3, -0.25) is 4.79 Å². The Morgan fingerprint density at radius 2 is 1.81 bits per heavy atom. The molecule has 0 saturated heterocycles.